The Morgan fingerprint density at radius 3 is 2.33 bits per heavy atom. The summed E-state index contributed by atoms with van der Waals surface area (Å²) in [5.41, 5.74) is 1.40. The number of hydrogen-bond donors (Lipinski definition) is 2. The number of benzene rings is 2. The molecule has 0 saturated carbocycles. The zero-order chi connectivity index (χ0) is 20.2. The predicted molar refractivity (Wildman–Crippen MR) is 136 cm³/mol. The molecule has 1 aliphatic heterocycles. The number of nitrogens with zero attached hydrogens (tertiary/aromatic N) is 2. The van der Waals surface area contributed by atoms with E-state index in [0.29, 0.717) is 6.04 Å². The fraction of sp³-hybridized carbons (Fsp3) is 0.458. The second-order valence-electron chi connectivity index (χ2n) is 7.55. The van der Waals surface area contributed by atoms with Crippen LogP contribution < -0.4 is 15.4 Å². The number of ether oxygens (including phenoxy) is 1. The summed E-state index contributed by atoms with van der Waals surface area (Å²) in [6.45, 7) is 4.95. The summed E-state index contributed by atoms with van der Waals surface area (Å²) in [4.78, 5) is 6.92. The van der Waals surface area contributed by atoms with Crippen molar-refractivity contribution >= 4 is 29.9 Å². The summed E-state index contributed by atoms with van der Waals surface area (Å²) >= 11 is 0. The Balaban J connectivity index is 0.00000320. The van der Waals surface area contributed by atoms with Crippen molar-refractivity contribution in [3.05, 3.63) is 66.2 Å². The van der Waals surface area contributed by atoms with Crippen LogP contribution in [0.5, 0.6) is 5.75 Å². The van der Waals surface area contributed by atoms with Gasteiger partial charge in [0.15, 0.2) is 5.96 Å². The third-order valence-electron chi connectivity index (χ3n) is 5.28. The molecule has 2 N–H and O–H groups in total. The normalized spacial score (nSPS) is 15.3. The molecule has 2 aromatic rings. The molecule has 1 heterocycles. The van der Waals surface area contributed by atoms with Crippen LogP contribution in [0, 0.1) is 0 Å². The largest absolute Gasteiger partial charge is 0.494 e. The Kier molecular flexibility index (Phi) is 11.6. The number of rotatable bonds is 9. The molecule has 30 heavy (non-hydrogen) atoms. The van der Waals surface area contributed by atoms with E-state index < -0.39 is 0 Å². The highest BCUT2D eigenvalue weighted by molar-refractivity contribution is 14.0. The van der Waals surface area contributed by atoms with Crippen LogP contribution in [0.2, 0.25) is 0 Å². The summed E-state index contributed by atoms with van der Waals surface area (Å²) < 4.78 is 5.74. The van der Waals surface area contributed by atoms with E-state index in [9.17, 15) is 0 Å². The summed E-state index contributed by atoms with van der Waals surface area (Å²) in [6.07, 6.45) is 4.39. The van der Waals surface area contributed by atoms with E-state index >= 15 is 0 Å². The van der Waals surface area contributed by atoms with Gasteiger partial charge in [-0.1, -0.05) is 48.5 Å². The van der Waals surface area contributed by atoms with E-state index in [1.807, 2.05) is 37.4 Å². The zero-order valence-electron chi connectivity index (χ0n) is 17.9. The molecule has 0 aliphatic carbocycles. The molecule has 1 aliphatic rings. The third-order valence-corrected chi connectivity index (χ3v) is 5.28. The highest BCUT2D eigenvalue weighted by Gasteiger charge is 2.19. The Bertz CT molecular complexity index is 719. The molecule has 3 rings (SSSR count). The van der Waals surface area contributed by atoms with Gasteiger partial charge in [-0.15, -0.1) is 24.0 Å². The van der Waals surface area contributed by atoms with Gasteiger partial charge >= 0.3 is 0 Å². The van der Waals surface area contributed by atoms with Gasteiger partial charge in [-0.05, 0) is 43.4 Å². The first kappa shape index (κ1) is 24.5. The van der Waals surface area contributed by atoms with Crippen LogP contribution in [-0.4, -0.2) is 50.2 Å². The smallest absolute Gasteiger partial charge is 0.191 e. The number of halogens is 1. The molecular formula is C24H35IN4O. The van der Waals surface area contributed by atoms with Crippen LogP contribution in [-0.2, 0) is 6.54 Å². The van der Waals surface area contributed by atoms with Crippen LogP contribution in [0.3, 0.4) is 0 Å². The van der Waals surface area contributed by atoms with Gasteiger partial charge in [-0.2, -0.15) is 0 Å². The summed E-state index contributed by atoms with van der Waals surface area (Å²) in [7, 11) is 1.85. The Hall–Kier alpha value is -1.80. The first-order valence-corrected chi connectivity index (χ1v) is 10.7. The minimum atomic E-state index is 0. The number of hydrogen-bond acceptors (Lipinski definition) is 3. The molecular weight excluding hydrogens is 487 g/mol. The predicted octanol–water partition coefficient (Wildman–Crippen LogP) is 4.29. The van der Waals surface area contributed by atoms with Crippen LogP contribution in [0.25, 0.3) is 0 Å². The monoisotopic (exact) mass is 522 g/mol. The molecule has 0 bridgehead atoms. The average molecular weight is 522 g/mol. The lowest BCUT2D eigenvalue weighted by molar-refractivity contribution is 0.198. The van der Waals surface area contributed by atoms with Gasteiger partial charge in [0.05, 0.1) is 6.61 Å². The van der Waals surface area contributed by atoms with Gasteiger partial charge in [-0.25, -0.2) is 0 Å². The Labute approximate surface area is 198 Å². The van der Waals surface area contributed by atoms with Gasteiger partial charge in [0.25, 0.3) is 0 Å². The van der Waals surface area contributed by atoms with Crippen molar-refractivity contribution in [3.63, 3.8) is 0 Å². The van der Waals surface area contributed by atoms with Crippen LogP contribution >= 0.6 is 24.0 Å². The van der Waals surface area contributed by atoms with Crippen molar-refractivity contribution in [3.8, 4) is 5.75 Å². The topological polar surface area (TPSA) is 48.9 Å². The Morgan fingerprint density at radius 1 is 1.00 bits per heavy atom. The molecule has 5 nitrogen and oxygen atoms in total. The van der Waals surface area contributed by atoms with Crippen molar-refractivity contribution in [1.29, 1.82) is 0 Å². The second-order valence-corrected chi connectivity index (χ2v) is 7.55. The molecule has 0 unspecified atom stereocenters. The Morgan fingerprint density at radius 2 is 1.67 bits per heavy atom. The molecule has 164 valence electrons. The number of likely N-dealkylation sites (tertiary alicyclic amines) is 1. The summed E-state index contributed by atoms with van der Waals surface area (Å²) in [5.74, 6) is 1.85. The molecule has 1 saturated heterocycles. The lowest BCUT2D eigenvalue weighted by Gasteiger charge is -2.33. The average Bonchev–Trinajstić information content (AvgIpc) is 2.78. The van der Waals surface area contributed by atoms with Crippen LogP contribution in [0.4, 0.5) is 0 Å². The fourth-order valence-electron chi connectivity index (χ4n) is 3.61. The molecule has 0 spiro atoms. The minimum absolute atomic E-state index is 0. The SMILES string of the molecule is CN=C(NCCCCOc1ccccc1)NC1CCN(Cc2ccccc2)CC1.I. The first-order valence-electron chi connectivity index (χ1n) is 10.7. The van der Waals surface area contributed by atoms with E-state index in [1.54, 1.807) is 0 Å². The highest BCUT2D eigenvalue weighted by Crippen LogP contribution is 2.14. The number of piperidine rings is 1. The van der Waals surface area contributed by atoms with E-state index in [-0.39, 0.29) is 24.0 Å². The summed E-state index contributed by atoms with van der Waals surface area (Å²) in [6, 6.07) is 21.2. The van der Waals surface area contributed by atoms with Gasteiger partial charge in [0, 0.05) is 39.3 Å². The second kappa shape index (κ2) is 14.2. The maximum atomic E-state index is 5.74. The molecule has 2 aromatic carbocycles. The minimum Gasteiger partial charge on any atom is -0.494 e. The van der Waals surface area contributed by atoms with Gasteiger partial charge in [-0.3, -0.25) is 9.89 Å². The molecule has 6 heteroatoms. The lowest BCUT2D eigenvalue weighted by Crippen LogP contribution is -2.48. The quantitative estimate of drug-likeness (QED) is 0.223. The highest BCUT2D eigenvalue weighted by atomic mass is 127. The van der Waals surface area contributed by atoms with Crippen molar-refractivity contribution in [2.75, 3.05) is 33.3 Å². The third kappa shape index (κ3) is 8.92. The number of para-hydroxylation sites is 1. The zero-order valence-corrected chi connectivity index (χ0v) is 20.3. The van der Waals surface area contributed by atoms with Gasteiger partial charge < -0.3 is 15.4 Å². The van der Waals surface area contributed by atoms with E-state index in [1.165, 1.54) is 5.56 Å². The standard InChI is InChI=1S/C24H34N4O.HI/c1-25-24(26-16-8-9-19-29-23-12-6-3-7-13-23)27-22-14-17-28(18-15-22)20-21-10-4-2-5-11-21;/h2-7,10-13,22H,8-9,14-20H2,1H3,(H2,25,26,27);1H. The number of guanidine groups is 1. The molecule has 0 radical (unpaired) electrons. The van der Waals surface area contributed by atoms with Crippen LogP contribution in [0.1, 0.15) is 31.2 Å². The van der Waals surface area contributed by atoms with E-state index in [2.05, 4.69) is 50.9 Å². The van der Waals surface area contributed by atoms with E-state index in [0.717, 1.165) is 70.2 Å². The van der Waals surface area contributed by atoms with Crippen LogP contribution in [0.15, 0.2) is 65.7 Å². The van der Waals surface area contributed by atoms with Gasteiger partial charge in [0.2, 0.25) is 0 Å². The fourth-order valence-corrected chi connectivity index (χ4v) is 3.61. The number of nitrogens with one attached hydrogen (secondary N) is 2. The molecule has 1 fully saturated rings. The van der Waals surface area contributed by atoms with E-state index in [4.69, 9.17) is 4.74 Å². The maximum Gasteiger partial charge on any atom is 0.191 e. The van der Waals surface area contributed by atoms with Gasteiger partial charge in [0.1, 0.15) is 5.75 Å². The lowest BCUT2D eigenvalue weighted by atomic mass is 10.0. The number of unbranched alkanes of at least 4 members (excludes halogenated alkanes) is 1. The first-order chi connectivity index (χ1) is 14.3. The maximum absolute atomic E-state index is 5.74. The summed E-state index contributed by atoms with van der Waals surface area (Å²) in [5, 5.41) is 7.02. The molecule has 0 aromatic heterocycles. The van der Waals surface area contributed by atoms with Crippen molar-refractivity contribution in [1.82, 2.24) is 15.5 Å². The van der Waals surface area contributed by atoms with Crippen molar-refractivity contribution in [2.24, 2.45) is 4.99 Å². The molecule has 0 atom stereocenters. The van der Waals surface area contributed by atoms with Crippen molar-refractivity contribution in [2.45, 2.75) is 38.3 Å². The molecule has 0 amide bonds. The van der Waals surface area contributed by atoms with Crippen molar-refractivity contribution < 1.29 is 4.74 Å². The number of aliphatic imine (C=N–C) groups is 1.